The van der Waals surface area contributed by atoms with E-state index in [2.05, 4.69) is 0 Å². The summed E-state index contributed by atoms with van der Waals surface area (Å²) in [5, 5.41) is 23.1. The second-order valence-corrected chi connectivity index (χ2v) is 6.55. The first-order valence-corrected chi connectivity index (χ1v) is 8.62. The van der Waals surface area contributed by atoms with Crippen molar-refractivity contribution < 1.29 is 33.9 Å². The fourth-order valence-electron chi connectivity index (χ4n) is 2.93. The normalized spacial score (nSPS) is 16.8. The Kier molecular flexibility index (Phi) is 4.51. The number of nitro groups is 1. The zero-order valence-corrected chi connectivity index (χ0v) is 15.5. The van der Waals surface area contributed by atoms with Crippen molar-refractivity contribution in [3.63, 3.8) is 0 Å². The van der Waals surface area contributed by atoms with Crippen molar-refractivity contribution >= 4 is 46.9 Å². The van der Waals surface area contributed by atoms with Crippen LogP contribution in [0, 0.1) is 10.1 Å². The number of hydrogen-bond donors (Lipinski definition) is 2. The molecule has 0 aromatic heterocycles. The molecule has 2 aliphatic rings. The predicted octanol–water partition coefficient (Wildman–Crippen LogP) is 2.35. The highest BCUT2D eigenvalue weighted by atomic mass is 35.5. The zero-order valence-electron chi connectivity index (χ0n) is 14.7. The SMILES string of the molecule is O=C1NC(=O)N(c2ccc3c(c2)OCO3)C(=O)/C1=C/c1cc(Cl)cc([N+](=O)[O-])c1O. The highest BCUT2D eigenvalue weighted by Gasteiger charge is 2.38. The summed E-state index contributed by atoms with van der Waals surface area (Å²) in [6, 6.07) is 5.35. The van der Waals surface area contributed by atoms with Gasteiger partial charge in [0.2, 0.25) is 12.5 Å². The Morgan fingerprint density at radius 2 is 1.90 bits per heavy atom. The molecule has 0 saturated carbocycles. The summed E-state index contributed by atoms with van der Waals surface area (Å²) in [6.07, 6.45) is 0.915. The topological polar surface area (TPSA) is 148 Å². The molecule has 30 heavy (non-hydrogen) atoms. The third kappa shape index (κ3) is 3.16. The molecule has 0 radical (unpaired) electrons. The summed E-state index contributed by atoms with van der Waals surface area (Å²) in [6.45, 7) is -0.0185. The van der Waals surface area contributed by atoms with Gasteiger partial charge in [0.1, 0.15) is 5.57 Å². The number of nitrogens with one attached hydrogen (secondary N) is 1. The minimum Gasteiger partial charge on any atom is -0.502 e. The number of barbiturate groups is 1. The minimum atomic E-state index is -1.04. The first-order chi connectivity index (χ1) is 14.3. The van der Waals surface area contributed by atoms with Gasteiger partial charge in [-0.2, -0.15) is 0 Å². The number of benzene rings is 2. The second kappa shape index (κ2) is 7.04. The van der Waals surface area contributed by atoms with Crippen LogP contribution in [0.3, 0.4) is 0 Å². The van der Waals surface area contributed by atoms with Gasteiger partial charge in [-0.25, -0.2) is 9.69 Å². The Labute approximate surface area is 172 Å². The number of carbonyl (C=O) groups excluding carboxylic acids is 3. The van der Waals surface area contributed by atoms with Crippen LogP contribution in [-0.4, -0.2) is 34.7 Å². The summed E-state index contributed by atoms with van der Waals surface area (Å²) < 4.78 is 10.4. The van der Waals surface area contributed by atoms with Gasteiger partial charge in [0.25, 0.3) is 11.8 Å². The molecule has 11 nitrogen and oxygen atoms in total. The van der Waals surface area contributed by atoms with Crippen LogP contribution in [0.5, 0.6) is 17.2 Å². The van der Waals surface area contributed by atoms with Crippen LogP contribution in [-0.2, 0) is 9.59 Å². The molecule has 2 aromatic carbocycles. The summed E-state index contributed by atoms with van der Waals surface area (Å²) in [4.78, 5) is 48.4. The average molecular weight is 432 g/mol. The molecule has 0 unspecified atom stereocenters. The van der Waals surface area contributed by atoms with Crippen LogP contribution in [0.25, 0.3) is 6.08 Å². The van der Waals surface area contributed by atoms with Crippen molar-refractivity contribution in [2.24, 2.45) is 0 Å². The van der Waals surface area contributed by atoms with E-state index in [0.29, 0.717) is 16.4 Å². The highest BCUT2D eigenvalue weighted by molar-refractivity contribution is 6.39. The molecule has 12 heteroatoms. The number of amides is 4. The average Bonchev–Trinajstić information content (AvgIpc) is 3.15. The molecular weight excluding hydrogens is 422 g/mol. The Balaban J connectivity index is 1.78. The molecule has 1 fully saturated rings. The molecule has 2 heterocycles. The van der Waals surface area contributed by atoms with Crippen LogP contribution in [0.2, 0.25) is 5.02 Å². The van der Waals surface area contributed by atoms with Crippen LogP contribution >= 0.6 is 11.6 Å². The number of anilines is 1. The third-order valence-electron chi connectivity index (χ3n) is 4.30. The molecule has 0 spiro atoms. The first kappa shape index (κ1) is 19.2. The van der Waals surface area contributed by atoms with E-state index in [-0.39, 0.29) is 23.1 Å². The lowest BCUT2D eigenvalue weighted by molar-refractivity contribution is -0.385. The molecule has 1 saturated heterocycles. The Bertz CT molecular complexity index is 1180. The lowest BCUT2D eigenvalue weighted by Gasteiger charge is -2.26. The standard InChI is InChI=1S/C18H10ClN3O8/c19-9-3-8(15(23)12(5-9)22(27)28)4-11-16(24)20-18(26)21(17(11)25)10-1-2-13-14(6-10)30-7-29-13/h1-6,23H,7H2,(H,20,24,26)/b11-4+. The molecule has 152 valence electrons. The Morgan fingerprint density at radius 3 is 2.63 bits per heavy atom. The van der Waals surface area contributed by atoms with Crippen LogP contribution < -0.4 is 19.7 Å². The third-order valence-corrected chi connectivity index (χ3v) is 4.51. The molecule has 2 N–H and O–H groups in total. The highest BCUT2D eigenvalue weighted by Crippen LogP contribution is 2.37. The van der Waals surface area contributed by atoms with Gasteiger partial charge in [-0.15, -0.1) is 0 Å². The van der Waals surface area contributed by atoms with Crippen molar-refractivity contribution in [1.29, 1.82) is 0 Å². The van der Waals surface area contributed by atoms with E-state index < -0.39 is 39.8 Å². The van der Waals surface area contributed by atoms with Gasteiger partial charge in [-0.3, -0.25) is 25.0 Å². The number of nitrogens with zero attached hydrogens (tertiary/aromatic N) is 2. The van der Waals surface area contributed by atoms with Gasteiger partial charge in [-0.1, -0.05) is 11.6 Å². The lowest BCUT2D eigenvalue weighted by Crippen LogP contribution is -2.54. The zero-order chi connectivity index (χ0) is 21.6. The van der Waals surface area contributed by atoms with Crippen LogP contribution in [0.1, 0.15) is 5.56 Å². The molecule has 0 bridgehead atoms. The Morgan fingerprint density at radius 1 is 1.17 bits per heavy atom. The minimum absolute atomic E-state index is 0.0185. The number of aromatic hydroxyl groups is 1. The van der Waals surface area contributed by atoms with Crippen molar-refractivity contribution in [2.45, 2.75) is 0 Å². The number of phenolic OH excluding ortho intramolecular Hbond substituents is 1. The molecule has 0 atom stereocenters. The van der Waals surface area contributed by atoms with Crippen LogP contribution in [0.4, 0.5) is 16.2 Å². The maximum atomic E-state index is 12.9. The van der Waals surface area contributed by atoms with E-state index >= 15 is 0 Å². The number of nitro benzene ring substituents is 1. The number of urea groups is 1. The van der Waals surface area contributed by atoms with Gasteiger partial charge < -0.3 is 14.6 Å². The van der Waals surface area contributed by atoms with Gasteiger partial charge in [0.05, 0.1) is 10.6 Å². The van der Waals surface area contributed by atoms with E-state index in [9.17, 15) is 29.6 Å². The van der Waals surface area contributed by atoms with Gasteiger partial charge in [0.15, 0.2) is 11.5 Å². The molecule has 4 rings (SSSR count). The number of rotatable bonds is 3. The second-order valence-electron chi connectivity index (χ2n) is 6.12. The van der Waals surface area contributed by atoms with Crippen molar-refractivity contribution in [1.82, 2.24) is 5.32 Å². The summed E-state index contributed by atoms with van der Waals surface area (Å²) in [5.41, 5.74) is -1.39. The van der Waals surface area contributed by atoms with Gasteiger partial charge in [-0.05, 0) is 24.3 Å². The lowest BCUT2D eigenvalue weighted by atomic mass is 10.1. The van der Waals surface area contributed by atoms with E-state index in [1.807, 2.05) is 5.32 Å². The van der Waals surface area contributed by atoms with E-state index in [4.69, 9.17) is 21.1 Å². The summed E-state index contributed by atoms with van der Waals surface area (Å²) in [7, 11) is 0. The first-order valence-electron chi connectivity index (χ1n) is 8.24. The molecule has 2 aromatic rings. The van der Waals surface area contributed by atoms with E-state index in [1.54, 1.807) is 0 Å². The van der Waals surface area contributed by atoms with E-state index in [1.165, 1.54) is 18.2 Å². The van der Waals surface area contributed by atoms with Crippen molar-refractivity contribution in [3.8, 4) is 17.2 Å². The molecule has 4 amide bonds. The maximum absolute atomic E-state index is 12.9. The monoisotopic (exact) mass is 431 g/mol. The van der Waals surface area contributed by atoms with Gasteiger partial charge >= 0.3 is 11.7 Å². The number of imide groups is 2. The van der Waals surface area contributed by atoms with Gasteiger partial charge in [0, 0.05) is 22.7 Å². The maximum Gasteiger partial charge on any atom is 0.335 e. The summed E-state index contributed by atoms with van der Waals surface area (Å²) >= 11 is 5.84. The smallest absolute Gasteiger partial charge is 0.335 e. The fraction of sp³-hybridized carbons (Fsp3) is 0.0556. The van der Waals surface area contributed by atoms with Crippen LogP contribution in [0.15, 0.2) is 35.9 Å². The molecule has 2 aliphatic heterocycles. The van der Waals surface area contributed by atoms with E-state index in [0.717, 1.165) is 18.2 Å². The Hall–Kier alpha value is -4.12. The largest absolute Gasteiger partial charge is 0.502 e. The quantitative estimate of drug-likeness (QED) is 0.325. The number of fused-ring (bicyclic) bond motifs is 1. The number of carbonyl (C=O) groups is 3. The fourth-order valence-corrected chi connectivity index (χ4v) is 3.15. The molecular formula is C18H10ClN3O8. The number of ether oxygens (including phenoxy) is 2. The van der Waals surface area contributed by atoms with Crippen molar-refractivity contribution in [3.05, 3.63) is 56.6 Å². The van der Waals surface area contributed by atoms with Crippen molar-refractivity contribution in [2.75, 3.05) is 11.7 Å². The summed E-state index contributed by atoms with van der Waals surface area (Å²) in [5.74, 6) is -2.11. The predicted molar refractivity (Wildman–Crippen MR) is 101 cm³/mol. The molecule has 0 aliphatic carbocycles. The number of halogens is 1. The number of phenols is 1. The number of hydrogen-bond acceptors (Lipinski definition) is 8.